The summed E-state index contributed by atoms with van der Waals surface area (Å²) in [6.45, 7) is 0.748. The van der Waals surface area contributed by atoms with Gasteiger partial charge in [0.2, 0.25) is 0 Å². The van der Waals surface area contributed by atoms with Crippen LogP contribution in [0.3, 0.4) is 0 Å². The van der Waals surface area contributed by atoms with Crippen LogP contribution in [0.25, 0.3) is 5.69 Å². The molecule has 6 heteroatoms. The molecular formula is C19H20N4O2. The summed E-state index contributed by atoms with van der Waals surface area (Å²) in [5.41, 5.74) is 1.49. The van der Waals surface area contributed by atoms with Gasteiger partial charge in [0, 0.05) is 12.1 Å². The van der Waals surface area contributed by atoms with Gasteiger partial charge in [0.15, 0.2) is 0 Å². The van der Waals surface area contributed by atoms with E-state index >= 15 is 0 Å². The number of likely N-dealkylation sites (tertiary alicyclic amines) is 1. The van der Waals surface area contributed by atoms with Crippen LogP contribution < -0.4 is 0 Å². The van der Waals surface area contributed by atoms with Gasteiger partial charge < -0.3 is 9.32 Å². The summed E-state index contributed by atoms with van der Waals surface area (Å²) in [6, 6.07) is 11.4. The molecule has 0 aliphatic carbocycles. The predicted molar refractivity (Wildman–Crippen MR) is 92.3 cm³/mol. The zero-order valence-electron chi connectivity index (χ0n) is 13.9. The molecule has 1 aliphatic heterocycles. The van der Waals surface area contributed by atoms with Gasteiger partial charge in [-0.15, -0.1) is 0 Å². The lowest BCUT2D eigenvalue weighted by atomic mass is 10.1. The van der Waals surface area contributed by atoms with Gasteiger partial charge in [-0.25, -0.2) is 9.67 Å². The predicted octanol–water partition coefficient (Wildman–Crippen LogP) is 3.62. The van der Waals surface area contributed by atoms with Crippen LogP contribution in [-0.4, -0.2) is 32.1 Å². The lowest BCUT2D eigenvalue weighted by Crippen LogP contribution is -2.34. The van der Waals surface area contributed by atoms with E-state index < -0.39 is 0 Å². The number of hydrogen-bond acceptors (Lipinski definition) is 4. The first-order chi connectivity index (χ1) is 12.3. The van der Waals surface area contributed by atoms with Crippen LogP contribution in [-0.2, 0) is 0 Å². The van der Waals surface area contributed by atoms with E-state index in [-0.39, 0.29) is 11.9 Å². The topological polar surface area (TPSA) is 64.2 Å². The molecule has 0 saturated carbocycles. The van der Waals surface area contributed by atoms with E-state index in [4.69, 9.17) is 4.42 Å². The van der Waals surface area contributed by atoms with Crippen LogP contribution in [0.15, 0.2) is 59.7 Å². The molecule has 1 atom stereocenters. The Morgan fingerprint density at radius 1 is 1.16 bits per heavy atom. The lowest BCUT2D eigenvalue weighted by Gasteiger charge is -2.29. The SMILES string of the molecule is O=C(c1cccc(-n2cncn2)c1)N1CCCCC[C@H]1c1ccco1. The summed E-state index contributed by atoms with van der Waals surface area (Å²) in [5.74, 6) is 0.896. The second-order valence-electron chi connectivity index (χ2n) is 6.27. The minimum Gasteiger partial charge on any atom is -0.467 e. The van der Waals surface area contributed by atoms with Gasteiger partial charge in [0.05, 0.1) is 18.0 Å². The molecule has 6 nitrogen and oxygen atoms in total. The second kappa shape index (κ2) is 6.93. The number of hydrogen-bond donors (Lipinski definition) is 0. The van der Waals surface area contributed by atoms with E-state index in [0.717, 1.165) is 43.7 Å². The third-order valence-corrected chi connectivity index (χ3v) is 4.66. The summed E-state index contributed by atoms with van der Waals surface area (Å²) < 4.78 is 7.27. The quantitative estimate of drug-likeness (QED) is 0.733. The van der Waals surface area contributed by atoms with Crippen LogP contribution in [0.2, 0.25) is 0 Å². The maximum atomic E-state index is 13.2. The number of amides is 1. The molecule has 128 valence electrons. The summed E-state index contributed by atoms with van der Waals surface area (Å²) in [6.07, 6.45) is 8.98. The molecule has 3 heterocycles. The molecule has 1 aromatic carbocycles. The van der Waals surface area contributed by atoms with Crippen molar-refractivity contribution < 1.29 is 9.21 Å². The third-order valence-electron chi connectivity index (χ3n) is 4.66. The number of carbonyl (C=O) groups excluding carboxylic acids is 1. The van der Waals surface area contributed by atoms with Crippen molar-refractivity contribution in [3.63, 3.8) is 0 Å². The molecular weight excluding hydrogens is 316 g/mol. The van der Waals surface area contributed by atoms with Crippen molar-refractivity contribution in [2.75, 3.05) is 6.54 Å². The molecule has 1 fully saturated rings. The Kier molecular flexibility index (Phi) is 4.33. The minimum atomic E-state index is 0.0000242. The first-order valence-corrected chi connectivity index (χ1v) is 8.62. The summed E-state index contributed by atoms with van der Waals surface area (Å²) >= 11 is 0. The van der Waals surface area contributed by atoms with Crippen molar-refractivity contribution in [3.8, 4) is 5.69 Å². The molecule has 1 amide bonds. The molecule has 0 radical (unpaired) electrons. The Labute approximate surface area is 146 Å². The van der Waals surface area contributed by atoms with Gasteiger partial charge in [0.1, 0.15) is 18.4 Å². The van der Waals surface area contributed by atoms with Crippen LogP contribution in [0, 0.1) is 0 Å². The minimum absolute atomic E-state index is 0.0000242. The fourth-order valence-corrected chi connectivity index (χ4v) is 3.42. The summed E-state index contributed by atoms with van der Waals surface area (Å²) in [5, 5.41) is 4.14. The summed E-state index contributed by atoms with van der Waals surface area (Å²) in [7, 11) is 0. The van der Waals surface area contributed by atoms with Crippen molar-refractivity contribution in [1.82, 2.24) is 19.7 Å². The van der Waals surface area contributed by atoms with Gasteiger partial charge in [-0.1, -0.05) is 18.9 Å². The van der Waals surface area contributed by atoms with Crippen molar-refractivity contribution in [2.24, 2.45) is 0 Å². The highest BCUT2D eigenvalue weighted by atomic mass is 16.3. The Hall–Kier alpha value is -2.89. The number of benzene rings is 1. The van der Waals surface area contributed by atoms with E-state index in [0.29, 0.717) is 5.56 Å². The Bertz CT molecular complexity index is 827. The highest BCUT2D eigenvalue weighted by Gasteiger charge is 2.29. The second-order valence-corrected chi connectivity index (χ2v) is 6.27. The molecule has 4 rings (SSSR count). The first kappa shape index (κ1) is 15.6. The first-order valence-electron chi connectivity index (χ1n) is 8.62. The van der Waals surface area contributed by atoms with Gasteiger partial charge in [-0.3, -0.25) is 4.79 Å². The van der Waals surface area contributed by atoms with E-state index in [1.54, 1.807) is 17.3 Å². The summed E-state index contributed by atoms with van der Waals surface area (Å²) in [4.78, 5) is 19.1. The van der Waals surface area contributed by atoms with Gasteiger partial charge in [0.25, 0.3) is 5.91 Å². The van der Waals surface area contributed by atoms with Crippen molar-refractivity contribution in [1.29, 1.82) is 0 Å². The van der Waals surface area contributed by atoms with Crippen LogP contribution >= 0.6 is 0 Å². The van der Waals surface area contributed by atoms with Crippen molar-refractivity contribution in [2.45, 2.75) is 31.7 Å². The van der Waals surface area contributed by atoms with E-state index in [1.807, 2.05) is 41.3 Å². The fraction of sp³-hybridized carbons (Fsp3) is 0.316. The molecule has 0 N–H and O–H groups in total. The lowest BCUT2D eigenvalue weighted by molar-refractivity contribution is 0.0658. The maximum absolute atomic E-state index is 13.2. The highest BCUT2D eigenvalue weighted by Crippen LogP contribution is 2.31. The Morgan fingerprint density at radius 3 is 2.92 bits per heavy atom. The van der Waals surface area contributed by atoms with Crippen LogP contribution in [0.5, 0.6) is 0 Å². The zero-order valence-corrected chi connectivity index (χ0v) is 13.9. The average Bonchev–Trinajstić information content (AvgIpc) is 3.32. The number of rotatable bonds is 3. The average molecular weight is 336 g/mol. The molecule has 0 spiro atoms. The van der Waals surface area contributed by atoms with Gasteiger partial charge in [-0.05, 0) is 43.2 Å². The monoisotopic (exact) mass is 336 g/mol. The molecule has 1 saturated heterocycles. The highest BCUT2D eigenvalue weighted by molar-refractivity contribution is 5.95. The van der Waals surface area contributed by atoms with Gasteiger partial charge in [-0.2, -0.15) is 5.10 Å². The number of nitrogens with zero attached hydrogens (tertiary/aromatic N) is 4. The van der Waals surface area contributed by atoms with E-state index in [9.17, 15) is 4.79 Å². The van der Waals surface area contributed by atoms with Crippen molar-refractivity contribution in [3.05, 3.63) is 66.6 Å². The van der Waals surface area contributed by atoms with E-state index in [1.165, 1.54) is 6.33 Å². The van der Waals surface area contributed by atoms with Crippen molar-refractivity contribution >= 4 is 5.91 Å². The number of furan rings is 1. The normalized spacial score (nSPS) is 18.1. The third kappa shape index (κ3) is 3.20. The Balaban J connectivity index is 1.65. The molecule has 0 unspecified atom stereocenters. The van der Waals surface area contributed by atoms with Gasteiger partial charge >= 0.3 is 0 Å². The Morgan fingerprint density at radius 2 is 2.12 bits per heavy atom. The number of carbonyl (C=O) groups is 1. The molecule has 3 aromatic rings. The zero-order chi connectivity index (χ0) is 17.1. The largest absolute Gasteiger partial charge is 0.467 e. The maximum Gasteiger partial charge on any atom is 0.254 e. The van der Waals surface area contributed by atoms with E-state index in [2.05, 4.69) is 10.1 Å². The van der Waals surface area contributed by atoms with Crippen LogP contribution in [0.1, 0.15) is 47.8 Å². The molecule has 25 heavy (non-hydrogen) atoms. The smallest absolute Gasteiger partial charge is 0.254 e. The fourth-order valence-electron chi connectivity index (χ4n) is 3.42. The standard InChI is InChI=1S/C19H20N4O2/c24-19(15-6-4-7-16(12-15)23-14-20-13-21-23)22-10-3-1-2-8-17(22)18-9-5-11-25-18/h4-7,9,11-14,17H,1-3,8,10H2/t17-/m0/s1. The molecule has 1 aliphatic rings. The molecule has 0 bridgehead atoms. The van der Waals surface area contributed by atoms with Crippen LogP contribution in [0.4, 0.5) is 0 Å². The molecule has 2 aromatic heterocycles. The number of aromatic nitrogens is 3.